The minimum atomic E-state index is -4.29. The average molecular weight is 272 g/mol. The summed E-state index contributed by atoms with van der Waals surface area (Å²) >= 11 is 0. The van der Waals surface area contributed by atoms with Crippen molar-refractivity contribution in [3.63, 3.8) is 0 Å². The second kappa shape index (κ2) is 4.91. The molecule has 2 amide bonds. The number of amides is 2. The number of carbonyl (C=O) groups is 2. The van der Waals surface area contributed by atoms with Crippen LogP contribution in [-0.4, -0.2) is 24.5 Å². The van der Waals surface area contributed by atoms with Crippen LogP contribution in [0.2, 0.25) is 0 Å². The van der Waals surface area contributed by atoms with Gasteiger partial charge in [-0.15, -0.1) is 0 Å². The summed E-state index contributed by atoms with van der Waals surface area (Å²) in [6.45, 7) is -0.462. The van der Waals surface area contributed by atoms with Crippen molar-refractivity contribution in [2.75, 3.05) is 11.9 Å². The van der Waals surface area contributed by atoms with Crippen molar-refractivity contribution >= 4 is 17.5 Å². The van der Waals surface area contributed by atoms with Gasteiger partial charge in [0.05, 0.1) is 12.8 Å². The van der Waals surface area contributed by atoms with Gasteiger partial charge in [-0.25, -0.2) is 0 Å². The number of anilines is 1. The zero-order valence-electron chi connectivity index (χ0n) is 9.80. The normalized spacial score (nSPS) is 13.9. The van der Waals surface area contributed by atoms with Crippen molar-refractivity contribution in [2.45, 2.75) is 19.0 Å². The van der Waals surface area contributed by atoms with Gasteiger partial charge in [-0.1, -0.05) is 0 Å². The summed E-state index contributed by atoms with van der Waals surface area (Å²) in [7, 11) is 0. The van der Waals surface area contributed by atoms with Crippen LogP contribution in [0.1, 0.15) is 22.3 Å². The van der Waals surface area contributed by atoms with Gasteiger partial charge in [0.1, 0.15) is 0 Å². The molecule has 1 heterocycles. The Kier molecular flexibility index (Phi) is 3.46. The van der Waals surface area contributed by atoms with Crippen molar-refractivity contribution in [1.29, 1.82) is 0 Å². The van der Waals surface area contributed by atoms with Crippen molar-refractivity contribution in [2.24, 2.45) is 0 Å². The van der Waals surface area contributed by atoms with Gasteiger partial charge in [0.15, 0.2) is 0 Å². The van der Waals surface area contributed by atoms with Crippen molar-refractivity contribution < 1.29 is 22.8 Å². The van der Waals surface area contributed by atoms with Gasteiger partial charge in [0.25, 0.3) is 5.91 Å². The summed E-state index contributed by atoms with van der Waals surface area (Å²) in [6, 6.07) is 4.54. The summed E-state index contributed by atoms with van der Waals surface area (Å²) in [5.74, 6) is -0.740. The Balaban J connectivity index is 1.97. The lowest BCUT2D eigenvalue weighted by Crippen LogP contribution is -2.27. The van der Waals surface area contributed by atoms with Crippen LogP contribution in [0.15, 0.2) is 18.2 Å². The predicted octanol–water partition coefficient (Wildman–Crippen LogP) is 1.86. The quantitative estimate of drug-likeness (QED) is 0.882. The molecule has 0 saturated heterocycles. The maximum Gasteiger partial charge on any atom is 0.390 e. The molecular formula is C12H11F3N2O2. The summed E-state index contributed by atoms with van der Waals surface area (Å²) in [5, 5.41) is 4.80. The third-order valence-corrected chi connectivity index (χ3v) is 2.69. The molecule has 2 N–H and O–H groups in total. The van der Waals surface area contributed by atoms with Gasteiger partial charge in [-0.2, -0.15) is 13.2 Å². The number of hydrogen-bond donors (Lipinski definition) is 2. The van der Waals surface area contributed by atoms with E-state index in [2.05, 4.69) is 10.6 Å². The van der Waals surface area contributed by atoms with E-state index in [1.807, 2.05) is 0 Å². The van der Waals surface area contributed by atoms with E-state index in [1.54, 1.807) is 6.07 Å². The van der Waals surface area contributed by atoms with Crippen LogP contribution < -0.4 is 10.6 Å². The standard InChI is InChI=1S/C12H11F3N2O2/c13-12(14,15)3-4-16-11(19)7-1-2-9-8(5-7)6-10(18)17-9/h1-2,5H,3-4,6H2,(H,16,19)(H,17,18). The van der Waals surface area contributed by atoms with Crippen LogP contribution in [-0.2, 0) is 11.2 Å². The number of nitrogens with one attached hydrogen (secondary N) is 2. The fraction of sp³-hybridized carbons (Fsp3) is 0.333. The molecule has 4 nitrogen and oxygen atoms in total. The lowest BCUT2D eigenvalue weighted by molar-refractivity contribution is -0.133. The van der Waals surface area contributed by atoms with Gasteiger partial charge in [-0.3, -0.25) is 9.59 Å². The van der Waals surface area contributed by atoms with Crippen LogP contribution in [0.3, 0.4) is 0 Å². The highest BCUT2D eigenvalue weighted by Gasteiger charge is 2.26. The van der Waals surface area contributed by atoms with Gasteiger partial charge in [0.2, 0.25) is 5.91 Å². The molecule has 0 atom stereocenters. The molecular weight excluding hydrogens is 261 g/mol. The monoisotopic (exact) mass is 272 g/mol. The van der Waals surface area contributed by atoms with E-state index in [0.717, 1.165) is 0 Å². The zero-order chi connectivity index (χ0) is 14.0. The molecule has 1 aliphatic rings. The maximum atomic E-state index is 11.9. The molecule has 0 saturated carbocycles. The molecule has 19 heavy (non-hydrogen) atoms. The number of benzene rings is 1. The van der Waals surface area contributed by atoms with E-state index in [9.17, 15) is 22.8 Å². The van der Waals surface area contributed by atoms with E-state index in [0.29, 0.717) is 11.3 Å². The smallest absolute Gasteiger partial charge is 0.352 e. The number of hydrogen-bond acceptors (Lipinski definition) is 2. The molecule has 7 heteroatoms. The molecule has 102 valence electrons. The van der Waals surface area contributed by atoms with E-state index in [-0.39, 0.29) is 17.9 Å². The third kappa shape index (κ3) is 3.46. The fourth-order valence-electron chi connectivity index (χ4n) is 1.79. The van der Waals surface area contributed by atoms with E-state index in [4.69, 9.17) is 0 Å². The second-order valence-electron chi connectivity index (χ2n) is 4.22. The SMILES string of the molecule is O=C1Cc2cc(C(=O)NCCC(F)(F)F)ccc2N1. The Hall–Kier alpha value is -2.05. The Bertz CT molecular complexity index is 526. The molecule has 0 fully saturated rings. The number of carbonyl (C=O) groups excluding carboxylic acids is 2. The van der Waals surface area contributed by atoms with Gasteiger partial charge < -0.3 is 10.6 Å². The highest BCUT2D eigenvalue weighted by molar-refractivity contribution is 6.01. The van der Waals surface area contributed by atoms with Crippen LogP contribution in [0.5, 0.6) is 0 Å². The first-order valence-electron chi connectivity index (χ1n) is 5.63. The molecule has 0 unspecified atom stereocenters. The first-order valence-corrected chi connectivity index (χ1v) is 5.63. The summed E-state index contributed by atoms with van der Waals surface area (Å²) < 4.78 is 35.8. The predicted molar refractivity (Wildman–Crippen MR) is 61.8 cm³/mol. The second-order valence-corrected chi connectivity index (χ2v) is 4.22. The summed E-state index contributed by atoms with van der Waals surface area (Å²) in [6.07, 6.45) is -5.18. The average Bonchev–Trinajstić information content (AvgIpc) is 2.65. The molecule has 1 aromatic carbocycles. The number of alkyl halides is 3. The van der Waals surface area contributed by atoms with E-state index in [1.165, 1.54) is 12.1 Å². The topological polar surface area (TPSA) is 58.2 Å². The molecule has 0 aliphatic carbocycles. The number of fused-ring (bicyclic) bond motifs is 1. The molecule has 0 spiro atoms. The molecule has 2 rings (SSSR count). The summed E-state index contributed by atoms with van der Waals surface area (Å²) in [5.41, 5.74) is 1.56. The fourth-order valence-corrected chi connectivity index (χ4v) is 1.79. The highest BCUT2D eigenvalue weighted by atomic mass is 19.4. The third-order valence-electron chi connectivity index (χ3n) is 2.69. The van der Waals surface area contributed by atoms with Crippen LogP contribution >= 0.6 is 0 Å². The largest absolute Gasteiger partial charge is 0.390 e. The van der Waals surface area contributed by atoms with E-state index >= 15 is 0 Å². The van der Waals surface area contributed by atoms with Crippen LogP contribution in [0.4, 0.5) is 18.9 Å². The molecule has 0 aromatic heterocycles. The number of rotatable bonds is 3. The Morgan fingerprint density at radius 2 is 2.11 bits per heavy atom. The molecule has 1 aliphatic heterocycles. The highest BCUT2D eigenvalue weighted by Crippen LogP contribution is 2.24. The maximum absolute atomic E-state index is 11.9. The van der Waals surface area contributed by atoms with Gasteiger partial charge >= 0.3 is 6.18 Å². The van der Waals surface area contributed by atoms with Crippen LogP contribution in [0.25, 0.3) is 0 Å². The lowest BCUT2D eigenvalue weighted by atomic mass is 10.1. The molecule has 0 radical (unpaired) electrons. The lowest BCUT2D eigenvalue weighted by Gasteiger charge is -2.08. The van der Waals surface area contributed by atoms with Gasteiger partial charge in [-0.05, 0) is 23.8 Å². The first-order chi connectivity index (χ1) is 8.85. The minimum absolute atomic E-state index is 0.162. The molecule has 1 aromatic rings. The van der Waals surface area contributed by atoms with Crippen LogP contribution in [0, 0.1) is 0 Å². The van der Waals surface area contributed by atoms with Crippen molar-refractivity contribution in [3.8, 4) is 0 Å². The van der Waals surface area contributed by atoms with Crippen molar-refractivity contribution in [3.05, 3.63) is 29.3 Å². The number of halogens is 3. The van der Waals surface area contributed by atoms with Gasteiger partial charge in [0, 0.05) is 17.8 Å². The van der Waals surface area contributed by atoms with E-state index < -0.39 is 25.0 Å². The first kappa shape index (κ1) is 13.4. The Labute approximate surface area is 107 Å². The molecule has 0 bridgehead atoms. The van der Waals surface area contributed by atoms with Crippen molar-refractivity contribution in [1.82, 2.24) is 5.32 Å². The Morgan fingerprint density at radius 3 is 2.79 bits per heavy atom. The summed E-state index contributed by atoms with van der Waals surface area (Å²) in [4.78, 5) is 22.8. The Morgan fingerprint density at radius 1 is 1.37 bits per heavy atom. The zero-order valence-corrected chi connectivity index (χ0v) is 9.80. The minimum Gasteiger partial charge on any atom is -0.352 e.